The molecule has 0 saturated heterocycles. The van der Waals surface area contributed by atoms with Crippen LogP contribution in [0.4, 0.5) is 11.8 Å². The molecule has 2 aromatic heterocycles. The number of nitrogens with one attached hydrogen (secondary N) is 1. The van der Waals surface area contributed by atoms with Crippen LogP contribution in [-0.4, -0.2) is 26.2 Å². The number of hydrogen-bond donors (Lipinski definition) is 2. The van der Waals surface area contributed by atoms with Gasteiger partial charge in [0.15, 0.2) is 0 Å². The maximum Gasteiger partial charge on any atom is 0.284 e. The number of hydrogen-bond acceptors (Lipinski definition) is 7. The Morgan fingerprint density at radius 3 is 2.47 bits per heavy atom. The zero-order valence-corrected chi connectivity index (χ0v) is 9.26. The van der Waals surface area contributed by atoms with Crippen LogP contribution >= 0.6 is 0 Å². The van der Waals surface area contributed by atoms with Crippen LogP contribution < -0.4 is 11.1 Å². The molecule has 0 radical (unpaired) electrons. The molecule has 0 fully saturated rings. The van der Waals surface area contributed by atoms with E-state index in [-0.39, 0.29) is 17.5 Å². The summed E-state index contributed by atoms with van der Waals surface area (Å²) in [7, 11) is 0. The third-order valence-corrected chi connectivity index (χ3v) is 1.94. The molecule has 17 heavy (non-hydrogen) atoms. The van der Waals surface area contributed by atoms with Crippen LogP contribution in [-0.2, 0) is 0 Å². The average molecular weight is 234 g/mol. The van der Waals surface area contributed by atoms with Gasteiger partial charge in [-0.15, -0.1) is 0 Å². The Labute approximate surface area is 96.2 Å². The summed E-state index contributed by atoms with van der Waals surface area (Å²) in [5.41, 5.74) is 6.79. The zero-order chi connectivity index (χ0) is 12.4. The number of rotatable bonds is 2. The molecule has 0 unspecified atom stereocenters. The monoisotopic (exact) mass is 234 g/mol. The molecule has 2 aromatic rings. The summed E-state index contributed by atoms with van der Waals surface area (Å²) in [6, 6.07) is 1.79. The van der Waals surface area contributed by atoms with Crippen molar-refractivity contribution in [3.63, 3.8) is 0 Å². The van der Waals surface area contributed by atoms with Crippen molar-refractivity contribution in [1.29, 1.82) is 0 Å². The van der Waals surface area contributed by atoms with Crippen molar-refractivity contribution in [3.8, 4) is 0 Å². The van der Waals surface area contributed by atoms with E-state index in [0.29, 0.717) is 0 Å². The van der Waals surface area contributed by atoms with Gasteiger partial charge in [-0.05, 0) is 30.2 Å². The Balaban J connectivity index is 2.21. The lowest BCUT2D eigenvalue weighted by Gasteiger charge is -2.03. The molecule has 2 heterocycles. The van der Waals surface area contributed by atoms with Gasteiger partial charge in [-0.1, -0.05) is 0 Å². The lowest BCUT2D eigenvalue weighted by Crippen LogP contribution is -2.16. The molecule has 0 aromatic carbocycles. The molecular weight excluding hydrogens is 224 g/mol. The lowest BCUT2D eigenvalue weighted by atomic mass is 10.3. The fourth-order valence-electron chi connectivity index (χ4n) is 1.30. The minimum atomic E-state index is -0.561. The van der Waals surface area contributed by atoms with E-state index in [0.717, 1.165) is 11.4 Å². The molecule has 0 spiro atoms. The highest BCUT2D eigenvalue weighted by Gasteiger charge is 2.17. The van der Waals surface area contributed by atoms with E-state index in [1.54, 1.807) is 19.9 Å². The van der Waals surface area contributed by atoms with Gasteiger partial charge in [-0.2, -0.15) is 0 Å². The second-order valence-corrected chi connectivity index (χ2v) is 3.43. The van der Waals surface area contributed by atoms with Crippen LogP contribution in [0.3, 0.4) is 0 Å². The van der Waals surface area contributed by atoms with Crippen molar-refractivity contribution in [2.24, 2.45) is 0 Å². The van der Waals surface area contributed by atoms with E-state index in [4.69, 9.17) is 5.73 Å². The fraction of sp³-hybridized carbons (Fsp3) is 0.222. The van der Waals surface area contributed by atoms with E-state index in [9.17, 15) is 4.79 Å². The predicted molar refractivity (Wildman–Crippen MR) is 58.2 cm³/mol. The summed E-state index contributed by atoms with van der Waals surface area (Å²) in [5, 5.41) is 9.15. The van der Waals surface area contributed by atoms with Crippen molar-refractivity contribution in [1.82, 2.24) is 20.3 Å². The van der Waals surface area contributed by atoms with Crippen LogP contribution in [0.15, 0.2) is 10.7 Å². The van der Waals surface area contributed by atoms with Gasteiger partial charge >= 0.3 is 0 Å². The molecule has 8 heteroatoms. The third kappa shape index (κ3) is 2.36. The largest absolute Gasteiger partial charge is 0.379 e. The summed E-state index contributed by atoms with van der Waals surface area (Å²) in [6.45, 7) is 3.60. The van der Waals surface area contributed by atoms with E-state index in [1.807, 2.05) is 0 Å². The van der Waals surface area contributed by atoms with E-state index in [1.165, 1.54) is 0 Å². The number of nitrogens with two attached hydrogens (primary N) is 1. The Bertz CT molecular complexity index is 544. The lowest BCUT2D eigenvalue weighted by molar-refractivity contribution is 0.101. The van der Waals surface area contributed by atoms with Gasteiger partial charge in [0.25, 0.3) is 5.91 Å². The molecule has 0 aliphatic heterocycles. The molecular formula is C9H10N6O2. The molecule has 3 N–H and O–H groups in total. The summed E-state index contributed by atoms with van der Waals surface area (Å²) < 4.78 is 4.32. The van der Waals surface area contributed by atoms with Gasteiger partial charge in [0.05, 0.1) is 0 Å². The molecule has 0 saturated carbocycles. The SMILES string of the molecule is Cc1cc(C)nc(NC(=O)c2nonc2N)n1. The second kappa shape index (κ2) is 4.16. The molecule has 1 amide bonds. The Hall–Kier alpha value is -2.51. The number of anilines is 2. The number of carbonyl (C=O) groups excluding carboxylic acids is 1. The van der Waals surface area contributed by atoms with Gasteiger partial charge in [-0.3, -0.25) is 10.1 Å². The van der Waals surface area contributed by atoms with Crippen molar-refractivity contribution in [3.05, 3.63) is 23.1 Å². The molecule has 2 rings (SSSR count). The fourth-order valence-corrected chi connectivity index (χ4v) is 1.30. The zero-order valence-electron chi connectivity index (χ0n) is 9.26. The van der Waals surface area contributed by atoms with Gasteiger partial charge < -0.3 is 5.73 Å². The van der Waals surface area contributed by atoms with Crippen LogP contribution in [0.25, 0.3) is 0 Å². The number of carbonyl (C=O) groups is 1. The third-order valence-electron chi connectivity index (χ3n) is 1.94. The highest BCUT2D eigenvalue weighted by atomic mass is 16.6. The summed E-state index contributed by atoms with van der Waals surface area (Å²) in [4.78, 5) is 19.8. The topological polar surface area (TPSA) is 120 Å². The molecule has 8 nitrogen and oxygen atoms in total. The average Bonchev–Trinajstić information content (AvgIpc) is 2.62. The van der Waals surface area contributed by atoms with Crippen molar-refractivity contribution >= 4 is 17.7 Å². The van der Waals surface area contributed by atoms with Gasteiger partial charge in [-0.25, -0.2) is 14.6 Å². The van der Waals surface area contributed by atoms with Crippen LogP contribution in [0, 0.1) is 13.8 Å². The smallest absolute Gasteiger partial charge is 0.284 e. The number of amides is 1. The quantitative estimate of drug-likeness (QED) is 0.767. The minimum absolute atomic E-state index is 0.0770. The van der Waals surface area contributed by atoms with Gasteiger partial charge in [0.2, 0.25) is 17.5 Å². The summed E-state index contributed by atoms with van der Waals surface area (Å²) >= 11 is 0. The normalized spacial score (nSPS) is 10.2. The highest BCUT2D eigenvalue weighted by molar-refractivity contribution is 6.04. The second-order valence-electron chi connectivity index (χ2n) is 3.43. The van der Waals surface area contributed by atoms with E-state index in [2.05, 4.69) is 30.2 Å². The maximum absolute atomic E-state index is 11.7. The van der Waals surface area contributed by atoms with Gasteiger partial charge in [0, 0.05) is 11.4 Å². The Kier molecular flexibility index (Phi) is 2.69. The first-order chi connectivity index (χ1) is 8.06. The van der Waals surface area contributed by atoms with E-state index < -0.39 is 5.91 Å². The standard InChI is InChI=1S/C9H10N6O2/c1-4-3-5(2)12-9(11-4)13-8(16)6-7(10)15-17-14-6/h3H,1-2H3,(H2,10,15)(H,11,12,13,16). The van der Waals surface area contributed by atoms with Crippen molar-refractivity contribution < 1.29 is 9.42 Å². The summed E-state index contributed by atoms with van der Waals surface area (Å²) in [5.74, 6) is -0.449. The van der Waals surface area contributed by atoms with Crippen molar-refractivity contribution in [2.75, 3.05) is 11.1 Å². The number of nitrogen functional groups attached to an aromatic ring is 1. The van der Waals surface area contributed by atoms with Crippen LogP contribution in [0.2, 0.25) is 0 Å². The number of aromatic nitrogens is 4. The predicted octanol–water partition coefficient (Wildman–Crippen LogP) is 0.311. The molecule has 0 bridgehead atoms. The molecule has 0 aliphatic carbocycles. The first-order valence-electron chi connectivity index (χ1n) is 4.78. The molecule has 0 atom stereocenters. The molecule has 0 aliphatic rings. The summed E-state index contributed by atoms with van der Waals surface area (Å²) in [6.07, 6.45) is 0. The van der Waals surface area contributed by atoms with Crippen molar-refractivity contribution in [2.45, 2.75) is 13.8 Å². The van der Waals surface area contributed by atoms with Crippen LogP contribution in [0.5, 0.6) is 0 Å². The first-order valence-corrected chi connectivity index (χ1v) is 4.78. The van der Waals surface area contributed by atoms with E-state index >= 15 is 0 Å². The Morgan fingerprint density at radius 1 is 1.29 bits per heavy atom. The highest BCUT2D eigenvalue weighted by Crippen LogP contribution is 2.08. The minimum Gasteiger partial charge on any atom is -0.379 e. The maximum atomic E-state index is 11.7. The van der Waals surface area contributed by atoms with Crippen LogP contribution in [0.1, 0.15) is 21.9 Å². The number of nitrogens with zero attached hydrogens (tertiary/aromatic N) is 4. The molecule has 88 valence electrons. The first kappa shape index (κ1) is 11.0. The van der Waals surface area contributed by atoms with Gasteiger partial charge in [0.1, 0.15) is 0 Å². The Morgan fingerprint density at radius 2 is 1.94 bits per heavy atom. The number of aryl methyl sites for hydroxylation is 2.